The first-order valence-electron chi connectivity index (χ1n) is 8.70. The van der Waals surface area contributed by atoms with E-state index in [2.05, 4.69) is 39.8 Å². The van der Waals surface area contributed by atoms with E-state index >= 15 is 0 Å². The zero-order valence-corrected chi connectivity index (χ0v) is 15.6. The third-order valence-electron chi connectivity index (χ3n) is 4.26. The van der Waals surface area contributed by atoms with Gasteiger partial charge in [0, 0.05) is 5.75 Å². The largest absolute Gasteiger partial charge is 0.305 e. The van der Waals surface area contributed by atoms with Gasteiger partial charge in [-0.3, -0.25) is 4.79 Å². The fourth-order valence-electron chi connectivity index (χ4n) is 2.86. The third-order valence-corrected chi connectivity index (χ3v) is 5.22. The molecule has 0 atom stereocenters. The first-order valence-corrected chi connectivity index (χ1v) is 9.68. The lowest BCUT2D eigenvalue weighted by Crippen LogP contribution is -2.14. The lowest BCUT2D eigenvalue weighted by molar-refractivity contribution is 0.102. The zero-order valence-electron chi connectivity index (χ0n) is 14.8. The average Bonchev–Trinajstić information content (AvgIpc) is 2.73. The quantitative estimate of drug-likeness (QED) is 0.470. The number of carbonyl (C=O) groups excluding carboxylic acids is 1. The normalized spacial score (nSPS) is 10.8. The Hall–Kier alpha value is -3.25. The second kappa shape index (κ2) is 8.19. The molecular formula is C22H16FN3OS. The molecule has 0 aliphatic rings. The predicted molar refractivity (Wildman–Crippen MR) is 110 cm³/mol. The minimum absolute atomic E-state index is 0.0290. The van der Waals surface area contributed by atoms with E-state index in [4.69, 9.17) is 0 Å². The van der Waals surface area contributed by atoms with Gasteiger partial charge in [0.1, 0.15) is 10.8 Å². The van der Waals surface area contributed by atoms with E-state index in [-0.39, 0.29) is 11.4 Å². The minimum atomic E-state index is -0.574. The molecule has 1 amide bonds. The highest BCUT2D eigenvalue weighted by atomic mass is 32.2. The van der Waals surface area contributed by atoms with Crippen molar-refractivity contribution >= 4 is 34.3 Å². The number of fused-ring (bicyclic) bond motifs is 1. The Labute approximate surface area is 165 Å². The molecule has 0 bridgehead atoms. The van der Waals surface area contributed by atoms with Crippen molar-refractivity contribution in [3.8, 4) is 0 Å². The molecule has 0 fully saturated rings. The van der Waals surface area contributed by atoms with Gasteiger partial charge in [0.15, 0.2) is 5.82 Å². The van der Waals surface area contributed by atoms with Gasteiger partial charge < -0.3 is 5.32 Å². The number of benzene rings is 3. The molecule has 1 N–H and O–H groups in total. The molecule has 0 aliphatic heterocycles. The number of amides is 1. The van der Waals surface area contributed by atoms with Gasteiger partial charge in [0.05, 0.1) is 5.56 Å². The highest BCUT2D eigenvalue weighted by molar-refractivity contribution is 7.98. The summed E-state index contributed by atoms with van der Waals surface area (Å²) in [7, 11) is 0. The van der Waals surface area contributed by atoms with Crippen molar-refractivity contribution in [2.45, 2.75) is 10.8 Å². The number of thioether (sulfide) groups is 1. The van der Waals surface area contributed by atoms with Crippen LogP contribution in [0.2, 0.25) is 0 Å². The van der Waals surface area contributed by atoms with Gasteiger partial charge in [-0.1, -0.05) is 66.4 Å². The average molecular weight is 389 g/mol. The Kier molecular flexibility index (Phi) is 5.30. The molecule has 0 aliphatic carbocycles. The fourth-order valence-corrected chi connectivity index (χ4v) is 3.68. The van der Waals surface area contributed by atoms with Crippen LogP contribution in [-0.4, -0.2) is 16.1 Å². The van der Waals surface area contributed by atoms with Crippen molar-refractivity contribution in [2.75, 3.05) is 5.32 Å². The Balaban J connectivity index is 1.42. The Morgan fingerprint density at radius 3 is 2.50 bits per heavy atom. The Bertz CT molecular complexity index is 1130. The second-order valence-corrected chi connectivity index (χ2v) is 7.11. The van der Waals surface area contributed by atoms with Crippen LogP contribution in [0.1, 0.15) is 15.9 Å². The van der Waals surface area contributed by atoms with E-state index in [1.807, 2.05) is 18.2 Å². The highest BCUT2D eigenvalue weighted by Crippen LogP contribution is 2.26. The van der Waals surface area contributed by atoms with Crippen LogP contribution in [0, 0.1) is 5.82 Å². The summed E-state index contributed by atoms with van der Waals surface area (Å²) in [5.41, 5.74) is 1.19. The van der Waals surface area contributed by atoms with Crippen LogP contribution in [0.3, 0.4) is 0 Å². The van der Waals surface area contributed by atoms with Crippen LogP contribution in [0.4, 0.5) is 10.2 Å². The lowest BCUT2D eigenvalue weighted by atomic mass is 10.1. The topological polar surface area (TPSA) is 54.9 Å². The van der Waals surface area contributed by atoms with Gasteiger partial charge in [-0.2, -0.15) is 0 Å². The summed E-state index contributed by atoms with van der Waals surface area (Å²) in [5, 5.41) is 13.9. The maximum atomic E-state index is 13.7. The molecule has 1 aromatic heterocycles. The number of aromatic nitrogens is 2. The van der Waals surface area contributed by atoms with Crippen molar-refractivity contribution < 1.29 is 9.18 Å². The lowest BCUT2D eigenvalue weighted by Gasteiger charge is -2.07. The monoisotopic (exact) mass is 389 g/mol. The molecule has 4 nitrogen and oxygen atoms in total. The third kappa shape index (κ3) is 4.02. The summed E-state index contributed by atoms with van der Waals surface area (Å²) in [6.45, 7) is 0. The molecule has 0 spiro atoms. The van der Waals surface area contributed by atoms with E-state index in [1.54, 1.807) is 30.0 Å². The molecule has 138 valence electrons. The number of hydrogen-bond donors (Lipinski definition) is 1. The van der Waals surface area contributed by atoms with Crippen LogP contribution in [0.15, 0.2) is 83.9 Å². The Morgan fingerprint density at radius 1 is 0.893 bits per heavy atom. The van der Waals surface area contributed by atoms with Gasteiger partial charge in [-0.15, -0.1) is 10.2 Å². The maximum absolute atomic E-state index is 13.7. The second-order valence-electron chi connectivity index (χ2n) is 6.12. The summed E-state index contributed by atoms with van der Waals surface area (Å²) < 4.78 is 13.7. The molecule has 0 radical (unpaired) electrons. The number of hydrogen-bond acceptors (Lipinski definition) is 4. The standard InChI is InChI=1S/C22H16FN3OS/c23-19-11-4-3-10-18(19)22(27)24-20-12-13-21(26-25-20)28-14-16-8-5-7-15-6-1-2-9-17(15)16/h1-13H,14H2,(H,24,25,27). The zero-order chi connectivity index (χ0) is 19.3. The predicted octanol–water partition coefficient (Wildman–Crippen LogP) is 5.31. The molecular weight excluding hydrogens is 373 g/mol. The van der Waals surface area contributed by atoms with E-state index in [9.17, 15) is 9.18 Å². The van der Waals surface area contributed by atoms with Crippen LogP contribution in [-0.2, 0) is 5.75 Å². The van der Waals surface area contributed by atoms with Crippen LogP contribution < -0.4 is 5.32 Å². The molecule has 3 aromatic carbocycles. The smallest absolute Gasteiger partial charge is 0.259 e. The van der Waals surface area contributed by atoms with Crippen molar-refractivity contribution in [2.24, 2.45) is 0 Å². The first-order chi connectivity index (χ1) is 13.7. The van der Waals surface area contributed by atoms with E-state index in [1.165, 1.54) is 34.5 Å². The molecule has 4 aromatic rings. The van der Waals surface area contributed by atoms with E-state index in [0.29, 0.717) is 0 Å². The number of rotatable bonds is 5. The van der Waals surface area contributed by atoms with Gasteiger partial charge in [-0.05, 0) is 40.6 Å². The number of nitrogens with zero attached hydrogens (tertiary/aromatic N) is 2. The summed E-state index contributed by atoms with van der Waals surface area (Å²) in [4.78, 5) is 12.1. The summed E-state index contributed by atoms with van der Waals surface area (Å²) in [6, 6.07) is 23.8. The van der Waals surface area contributed by atoms with Crippen molar-refractivity contribution in [3.05, 3.63) is 95.8 Å². The summed E-state index contributed by atoms with van der Waals surface area (Å²) in [5.74, 6) is -0.0849. The molecule has 6 heteroatoms. The Morgan fingerprint density at radius 2 is 1.68 bits per heavy atom. The van der Waals surface area contributed by atoms with Crippen LogP contribution >= 0.6 is 11.8 Å². The van der Waals surface area contributed by atoms with E-state index in [0.717, 1.165) is 10.8 Å². The van der Waals surface area contributed by atoms with Crippen molar-refractivity contribution in [1.82, 2.24) is 10.2 Å². The number of anilines is 1. The molecule has 0 saturated carbocycles. The number of carbonyl (C=O) groups is 1. The van der Waals surface area contributed by atoms with Crippen molar-refractivity contribution in [1.29, 1.82) is 0 Å². The van der Waals surface area contributed by atoms with Crippen LogP contribution in [0.5, 0.6) is 0 Å². The minimum Gasteiger partial charge on any atom is -0.305 e. The molecule has 28 heavy (non-hydrogen) atoms. The first kappa shape index (κ1) is 18.1. The summed E-state index contributed by atoms with van der Waals surface area (Å²) in [6.07, 6.45) is 0. The molecule has 4 rings (SSSR count). The van der Waals surface area contributed by atoms with Gasteiger partial charge in [0.25, 0.3) is 5.91 Å². The van der Waals surface area contributed by atoms with Gasteiger partial charge in [0.2, 0.25) is 0 Å². The van der Waals surface area contributed by atoms with E-state index < -0.39 is 11.7 Å². The number of halogens is 1. The number of nitrogens with one attached hydrogen (secondary N) is 1. The maximum Gasteiger partial charge on any atom is 0.259 e. The fraction of sp³-hybridized carbons (Fsp3) is 0.0455. The molecule has 0 unspecified atom stereocenters. The van der Waals surface area contributed by atoms with Gasteiger partial charge in [-0.25, -0.2) is 4.39 Å². The molecule has 0 saturated heterocycles. The summed E-state index contributed by atoms with van der Waals surface area (Å²) >= 11 is 1.57. The highest BCUT2D eigenvalue weighted by Gasteiger charge is 2.12. The molecule has 1 heterocycles. The van der Waals surface area contributed by atoms with Crippen LogP contribution in [0.25, 0.3) is 10.8 Å². The van der Waals surface area contributed by atoms with Gasteiger partial charge >= 0.3 is 0 Å². The SMILES string of the molecule is O=C(Nc1ccc(SCc2cccc3ccccc23)nn1)c1ccccc1F. The van der Waals surface area contributed by atoms with Crippen molar-refractivity contribution in [3.63, 3.8) is 0 Å².